The van der Waals surface area contributed by atoms with Crippen molar-refractivity contribution in [3.8, 4) is 0 Å². The highest BCUT2D eigenvalue weighted by molar-refractivity contribution is 7.89. The molecule has 0 saturated carbocycles. The largest absolute Gasteiger partial charge is 0.481 e. The molecule has 0 aliphatic carbocycles. The Balaban J connectivity index is 1.40. The number of aromatic nitrogens is 4. The van der Waals surface area contributed by atoms with E-state index in [1.165, 1.54) is 0 Å². The number of piperidine rings is 1. The van der Waals surface area contributed by atoms with E-state index < -0.39 is 21.9 Å². The van der Waals surface area contributed by atoms with Crippen LogP contribution in [0.1, 0.15) is 66.3 Å². The van der Waals surface area contributed by atoms with Crippen LogP contribution in [-0.4, -0.2) is 62.9 Å². The number of benzene rings is 2. The fraction of sp³-hybridized carbons (Fsp3) is 0.419. The average Bonchev–Trinajstić information content (AvgIpc) is 3.38. The molecule has 1 saturated heterocycles. The van der Waals surface area contributed by atoms with Crippen molar-refractivity contribution in [1.82, 2.24) is 24.3 Å². The van der Waals surface area contributed by atoms with Crippen LogP contribution in [0.25, 0.3) is 11.0 Å². The highest BCUT2D eigenvalue weighted by Gasteiger charge is 2.39. The SMILES string of the molecule is CCn1nnc2c(C)c(C(CC(=O)O)c3ccc(C)c(CN4CC5CCCCN5c5ncccc5S4(=O)=O)c3)ccc21. The molecule has 220 valence electrons. The third-order valence-corrected chi connectivity index (χ3v) is 10.7. The van der Waals surface area contributed by atoms with Crippen LogP contribution < -0.4 is 4.90 Å². The van der Waals surface area contributed by atoms with Gasteiger partial charge in [0.2, 0.25) is 10.0 Å². The topological polar surface area (TPSA) is 122 Å². The molecule has 0 radical (unpaired) electrons. The van der Waals surface area contributed by atoms with Gasteiger partial charge in [-0.15, -0.1) is 5.10 Å². The summed E-state index contributed by atoms with van der Waals surface area (Å²) in [6.45, 7) is 7.99. The van der Waals surface area contributed by atoms with E-state index in [2.05, 4.69) is 20.2 Å². The summed E-state index contributed by atoms with van der Waals surface area (Å²) in [5, 5.41) is 18.5. The number of nitrogens with zero attached hydrogens (tertiary/aromatic N) is 6. The third-order valence-electron chi connectivity index (χ3n) is 8.84. The van der Waals surface area contributed by atoms with Crippen LogP contribution in [0.15, 0.2) is 53.6 Å². The molecule has 4 aromatic rings. The van der Waals surface area contributed by atoms with Gasteiger partial charge in [-0.2, -0.15) is 4.31 Å². The normalized spacial score (nSPS) is 19.2. The number of carboxylic acids is 1. The van der Waals surface area contributed by atoms with Gasteiger partial charge in [0.05, 0.1) is 11.9 Å². The Morgan fingerprint density at radius 3 is 2.76 bits per heavy atom. The zero-order valence-electron chi connectivity index (χ0n) is 24.2. The number of carboxylic acid groups (broad SMARTS) is 1. The molecular formula is C31H36N6O4S. The summed E-state index contributed by atoms with van der Waals surface area (Å²) in [5.74, 6) is -0.796. The maximum absolute atomic E-state index is 14.0. The number of hydrogen-bond donors (Lipinski definition) is 1. The molecule has 42 heavy (non-hydrogen) atoms. The molecule has 2 unspecified atom stereocenters. The van der Waals surface area contributed by atoms with E-state index in [9.17, 15) is 18.3 Å². The highest BCUT2D eigenvalue weighted by atomic mass is 32.2. The van der Waals surface area contributed by atoms with Crippen molar-refractivity contribution in [3.05, 3.63) is 76.5 Å². The molecule has 0 bridgehead atoms. The maximum Gasteiger partial charge on any atom is 0.304 e. The van der Waals surface area contributed by atoms with Crippen molar-refractivity contribution in [1.29, 1.82) is 0 Å². The smallest absolute Gasteiger partial charge is 0.304 e. The summed E-state index contributed by atoms with van der Waals surface area (Å²) in [5.41, 5.74) is 6.10. The van der Waals surface area contributed by atoms with Crippen molar-refractivity contribution < 1.29 is 18.3 Å². The molecule has 6 rings (SSSR count). The van der Waals surface area contributed by atoms with E-state index in [0.717, 1.165) is 64.7 Å². The van der Waals surface area contributed by atoms with E-state index in [4.69, 9.17) is 0 Å². The standard InChI is InChI=1S/C31H36N6O4S/c1-4-37-27-13-12-25(21(3)30(27)33-34-37)26(17-29(38)39)22-11-10-20(2)23(16-22)18-35-19-24-8-5-6-15-36(24)31-28(42(35,40)41)9-7-14-32-31/h7,9-14,16,24,26H,4-6,8,15,17-19H2,1-3H3,(H,38,39). The maximum atomic E-state index is 14.0. The van der Waals surface area contributed by atoms with Gasteiger partial charge in [0, 0.05) is 44.3 Å². The minimum Gasteiger partial charge on any atom is -0.481 e. The number of aryl methyl sites for hydroxylation is 3. The molecule has 1 fully saturated rings. The molecule has 4 heterocycles. The Morgan fingerprint density at radius 2 is 1.98 bits per heavy atom. The predicted molar refractivity (Wildman–Crippen MR) is 160 cm³/mol. The first-order valence-electron chi connectivity index (χ1n) is 14.5. The lowest BCUT2D eigenvalue weighted by atomic mass is 9.84. The number of sulfonamides is 1. The fourth-order valence-electron chi connectivity index (χ4n) is 6.53. The van der Waals surface area contributed by atoms with Crippen LogP contribution in [0, 0.1) is 13.8 Å². The Bertz CT molecular complexity index is 1770. The molecule has 11 heteroatoms. The first-order valence-corrected chi connectivity index (χ1v) is 16.0. The monoisotopic (exact) mass is 588 g/mol. The van der Waals surface area contributed by atoms with Gasteiger partial charge in [0.15, 0.2) is 0 Å². The molecule has 1 N–H and O–H groups in total. The lowest BCUT2D eigenvalue weighted by molar-refractivity contribution is -0.137. The molecule has 10 nitrogen and oxygen atoms in total. The second-order valence-electron chi connectivity index (χ2n) is 11.4. The van der Waals surface area contributed by atoms with Gasteiger partial charge in [0.25, 0.3) is 0 Å². The second-order valence-corrected chi connectivity index (χ2v) is 13.3. The first kappa shape index (κ1) is 28.3. The number of hydrogen-bond acceptors (Lipinski definition) is 7. The van der Waals surface area contributed by atoms with Gasteiger partial charge >= 0.3 is 5.97 Å². The van der Waals surface area contributed by atoms with Gasteiger partial charge in [0.1, 0.15) is 16.2 Å². The second kappa shape index (κ2) is 11.1. The van der Waals surface area contributed by atoms with E-state index in [1.807, 2.05) is 55.8 Å². The van der Waals surface area contributed by atoms with Crippen molar-refractivity contribution in [3.63, 3.8) is 0 Å². The highest BCUT2D eigenvalue weighted by Crippen LogP contribution is 2.37. The number of anilines is 1. The average molecular weight is 589 g/mol. The number of aliphatic carboxylic acids is 1. The van der Waals surface area contributed by atoms with Crippen molar-refractivity contribution in [2.75, 3.05) is 18.0 Å². The first-order chi connectivity index (χ1) is 20.2. The van der Waals surface area contributed by atoms with E-state index >= 15 is 0 Å². The molecular weight excluding hydrogens is 552 g/mol. The number of carbonyl (C=O) groups is 1. The zero-order chi connectivity index (χ0) is 29.6. The zero-order valence-corrected chi connectivity index (χ0v) is 25.0. The van der Waals surface area contributed by atoms with Crippen molar-refractivity contribution in [2.24, 2.45) is 0 Å². The molecule has 2 aliphatic rings. The van der Waals surface area contributed by atoms with E-state index in [0.29, 0.717) is 18.9 Å². The Morgan fingerprint density at radius 1 is 1.14 bits per heavy atom. The van der Waals surface area contributed by atoms with Crippen LogP contribution in [0.5, 0.6) is 0 Å². The lowest BCUT2D eigenvalue weighted by Crippen LogP contribution is -2.45. The molecule has 2 aromatic heterocycles. The van der Waals surface area contributed by atoms with E-state index in [-0.39, 0.29) is 23.9 Å². The van der Waals surface area contributed by atoms with Crippen LogP contribution in [-0.2, 0) is 27.9 Å². The van der Waals surface area contributed by atoms with Crippen molar-refractivity contribution in [2.45, 2.75) is 76.4 Å². The Labute approximate surface area is 246 Å². The van der Waals surface area contributed by atoms with Gasteiger partial charge in [-0.05, 0) is 86.1 Å². The third kappa shape index (κ3) is 4.94. The number of pyridine rings is 1. The summed E-state index contributed by atoms with van der Waals surface area (Å²) in [6.07, 6.45) is 4.53. The molecule has 2 aromatic carbocycles. The van der Waals surface area contributed by atoms with Crippen molar-refractivity contribution >= 4 is 32.8 Å². The molecule has 2 aliphatic heterocycles. The summed E-state index contributed by atoms with van der Waals surface area (Å²) in [6, 6.07) is 13.2. The Hall–Kier alpha value is -3.83. The minimum atomic E-state index is -3.81. The van der Waals surface area contributed by atoms with Gasteiger partial charge < -0.3 is 10.0 Å². The summed E-state index contributed by atoms with van der Waals surface area (Å²) >= 11 is 0. The van der Waals surface area contributed by atoms with Crippen LogP contribution in [0.4, 0.5) is 5.82 Å². The van der Waals surface area contributed by atoms with Gasteiger partial charge in [-0.1, -0.05) is 29.5 Å². The summed E-state index contributed by atoms with van der Waals surface area (Å²) in [7, 11) is -3.81. The molecule has 0 amide bonds. The number of fused-ring (bicyclic) bond motifs is 4. The quantitative estimate of drug-likeness (QED) is 0.332. The van der Waals surface area contributed by atoms with Gasteiger partial charge in [-0.3, -0.25) is 4.79 Å². The fourth-order valence-corrected chi connectivity index (χ4v) is 8.14. The summed E-state index contributed by atoms with van der Waals surface area (Å²) in [4.78, 5) is 19.0. The van der Waals surface area contributed by atoms with Crippen LogP contribution >= 0.6 is 0 Å². The van der Waals surface area contributed by atoms with Gasteiger partial charge in [-0.25, -0.2) is 18.1 Å². The van der Waals surface area contributed by atoms with Crippen LogP contribution in [0.2, 0.25) is 0 Å². The number of rotatable bonds is 7. The minimum absolute atomic E-state index is 0.0545. The van der Waals surface area contributed by atoms with E-state index in [1.54, 1.807) is 22.6 Å². The molecule has 0 spiro atoms. The molecule has 2 atom stereocenters. The lowest BCUT2D eigenvalue weighted by Gasteiger charge is -2.36. The Kier molecular flexibility index (Phi) is 7.48. The summed E-state index contributed by atoms with van der Waals surface area (Å²) < 4.78 is 31.5. The predicted octanol–water partition coefficient (Wildman–Crippen LogP) is 4.63. The van der Waals surface area contributed by atoms with Crippen LogP contribution in [0.3, 0.4) is 0 Å².